The van der Waals surface area contributed by atoms with Crippen LogP contribution in [0.3, 0.4) is 0 Å². The van der Waals surface area contributed by atoms with Crippen molar-refractivity contribution in [2.24, 2.45) is 11.1 Å². The fourth-order valence-electron chi connectivity index (χ4n) is 4.33. The molecular weight excluding hydrogens is 407 g/mol. The molecule has 3 heterocycles. The lowest BCUT2D eigenvalue weighted by molar-refractivity contribution is -0.119. The van der Waals surface area contributed by atoms with E-state index in [1.807, 2.05) is 49.9 Å². The van der Waals surface area contributed by atoms with Crippen LogP contribution in [-0.2, 0) is 4.79 Å². The fourth-order valence-corrected chi connectivity index (χ4v) is 4.33. The predicted octanol–water partition coefficient (Wildman–Crippen LogP) is 4.21. The SMILES string of the molecule is CC(C)(C)C[C@H](Nc1ncnc(N2CCCC2c2ccc3ncccc3c2)c1F)C(N)=O. The molecule has 1 fully saturated rings. The van der Waals surface area contributed by atoms with Gasteiger partial charge in [-0.25, -0.2) is 9.97 Å². The van der Waals surface area contributed by atoms with Crippen molar-refractivity contribution in [3.8, 4) is 0 Å². The van der Waals surface area contributed by atoms with E-state index in [9.17, 15) is 4.79 Å². The number of fused-ring (bicyclic) bond motifs is 1. The smallest absolute Gasteiger partial charge is 0.239 e. The number of hydrogen-bond acceptors (Lipinski definition) is 6. The van der Waals surface area contributed by atoms with E-state index in [0.29, 0.717) is 13.0 Å². The molecular formula is C24H29FN6O. The molecule has 0 aliphatic carbocycles. The summed E-state index contributed by atoms with van der Waals surface area (Å²) in [5.74, 6) is -0.878. The Hall–Kier alpha value is -3.29. The number of nitrogens with one attached hydrogen (secondary N) is 1. The number of carbonyl (C=O) groups excluding carboxylic acids is 1. The van der Waals surface area contributed by atoms with Crippen LogP contribution in [0.25, 0.3) is 10.9 Å². The molecule has 1 saturated heterocycles. The number of hydrogen-bond donors (Lipinski definition) is 2. The van der Waals surface area contributed by atoms with E-state index in [-0.39, 0.29) is 23.1 Å². The van der Waals surface area contributed by atoms with E-state index >= 15 is 4.39 Å². The molecule has 3 N–H and O–H groups in total. The summed E-state index contributed by atoms with van der Waals surface area (Å²) in [6, 6.07) is 9.35. The van der Waals surface area contributed by atoms with Crippen LogP contribution in [0.1, 0.15) is 51.6 Å². The number of aromatic nitrogens is 3. The number of rotatable bonds is 6. The summed E-state index contributed by atoms with van der Waals surface area (Å²) < 4.78 is 15.5. The van der Waals surface area contributed by atoms with Crippen molar-refractivity contribution in [2.45, 2.75) is 52.1 Å². The molecule has 1 amide bonds. The first-order chi connectivity index (χ1) is 15.2. The molecule has 0 saturated carbocycles. The summed E-state index contributed by atoms with van der Waals surface area (Å²) in [4.78, 5) is 26.6. The molecule has 3 aromatic rings. The zero-order valence-corrected chi connectivity index (χ0v) is 18.7. The van der Waals surface area contributed by atoms with Crippen LogP contribution < -0.4 is 16.0 Å². The summed E-state index contributed by atoms with van der Waals surface area (Å²) in [6.07, 6.45) is 5.38. The van der Waals surface area contributed by atoms with Gasteiger partial charge in [0.05, 0.1) is 11.6 Å². The number of anilines is 2. The minimum absolute atomic E-state index is 0.00151. The molecule has 2 atom stereocenters. The van der Waals surface area contributed by atoms with Crippen molar-refractivity contribution in [3.63, 3.8) is 0 Å². The molecule has 1 aliphatic rings. The molecule has 168 valence electrons. The van der Waals surface area contributed by atoms with Crippen molar-refractivity contribution in [1.29, 1.82) is 0 Å². The first-order valence-corrected chi connectivity index (χ1v) is 10.9. The molecule has 8 heteroatoms. The van der Waals surface area contributed by atoms with Crippen LogP contribution >= 0.6 is 0 Å². The maximum absolute atomic E-state index is 15.5. The van der Waals surface area contributed by atoms with Crippen LogP contribution in [0.2, 0.25) is 0 Å². The number of nitrogens with two attached hydrogens (primary N) is 1. The predicted molar refractivity (Wildman–Crippen MR) is 124 cm³/mol. The van der Waals surface area contributed by atoms with Crippen LogP contribution in [0.5, 0.6) is 0 Å². The molecule has 0 spiro atoms. The van der Waals surface area contributed by atoms with Gasteiger partial charge in [-0.1, -0.05) is 32.9 Å². The third kappa shape index (κ3) is 4.64. The number of benzene rings is 1. The lowest BCUT2D eigenvalue weighted by Crippen LogP contribution is -2.39. The van der Waals surface area contributed by atoms with Crippen molar-refractivity contribution in [1.82, 2.24) is 15.0 Å². The highest BCUT2D eigenvalue weighted by Crippen LogP contribution is 2.38. The zero-order valence-electron chi connectivity index (χ0n) is 18.7. The molecule has 0 radical (unpaired) electrons. The van der Waals surface area contributed by atoms with Gasteiger partial charge in [-0.15, -0.1) is 0 Å². The number of carbonyl (C=O) groups is 1. The quantitative estimate of drug-likeness (QED) is 0.601. The average molecular weight is 437 g/mol. The fraction of sp³-hybridized carbons (Fsp3) is 0.417. The Morgan fingerprint density at radius 2 is 2.09 bits per heavy atom. The van der Waals surface area contributed by atoms with Gasteiger partial charge >= 0.3 is 0 Å². The Balaban J connectivity index is 1.63. The van der Waals surface area contributed by atoms with Crippen LogP contribution in [0, 0.1) is 11.2 Å². The Morgan fingerprint density at radius 1 is 1.28 bits per heavy atom. The third-order valence-electron chi connectivity index (χ3n) is 5.78. The molecule has 4 rings (SSSR count). The van der Waals surface area contributed by atoms with Gasteiger partial charge in [0.25, 0.3) is 0 Å². The molecule has 7 nitrogen and oxygen atoms in total. The Kier molecular flexibility index (Phi) is 5.95. The van der Waals surface area contributed by atoms with Crippen molar-refractivity contribution in [2.75, 3.05) is 16.8 Å². The van der Waals surface area contributed by atoms with E-state index in [0.717, 1.165) is 29.3 Å². The first kappa shape index (κ1) is 21.9. The van der Waals surface area contributed by atoms with Gasteiger partial charge in [0, 0.05) is 18.1 Å². The zero-order chi connectivity index (χ0) is 22.9. The molecule has 1 aliphatic heterocycles. The van der Waals surface area contributed by atoms with Crippen molar-refractivity contribution >= 4 is 28.4 Å². The average Bonchev–Trinajstić information content (AvgIpc) is 3.23. The molecule has 2 aromatic heterocycles. The van der Waals surface area contributed by atoms with Crippen LogP contribution in [-0.4, -0.2) is 33.4 Å². The third-order valence-corrected chi connectivity index (χ3v) is 5.78. The summed E-state index contributed by atoms with van der Waals surface area (Å²) in [5.41, 5.74) is 7.42. The molecule has 1 aromatic carbocycles. The number of halogens is 1. The highest BCUT2D eigenvalue weighted by Gasteiger charge is 2.31. The second kappa shape index (κ2) is 8.68. The molecule has 1 unspecified atom stereocenters. The van der Waals surface area contributed by atoms with Crippen molar-refractivity contribution in [3.05, 3.63) is 54.2 Å². The van der Waals surface area contributed by atoms with Gasteiger partial charge in [-0.05, 0) is 48.4 Å². The van der Waals surface area contributed by atoms with E-state index in [1.54, 1.807) is 6.20 Å². The van der Waals surface area contributed by atoms with Crippen molar-refractivity contribution < 1.29 is 9.18 Å². The Morgan fingerprint density at radius 3 is 2.84 bits per heavy atom. The number of amides is 1. The lowest BCUT2D eigenvalue weighted by Gasteiger charge is -2.28. The monoisotopic (exact) mass is 436 g/mol. The maximum atomic E-state index is 15.5. The Bertz CT molecular complexity index is 1130. The number of primary amides is 1. The van der Waals surface area contributed by atoms with Gasteiger partial charge in [0.1, 0.15) is 12.4 Å². The molecule has 0 bridgehead atoms. The number of pyridine rings is 1. The largest absolute Gasteiger partial charge is 0.368 e. The van der Waals surface area contributed by atoms with E-state index in [4.69, 9.17) is 5.73 Å². The molecule has 32 heavy (non-hydrogen) atoms. The minimum atomic E-state index is -0.727. The normalized spacial score (nSPS) is 17.5. The maximum Gasteiger partial charge on any atom is 0.239 e. The topological polar surface area (TPSA) is 97.0 Å². The highest BCUT2D eigenvalue weighted by molar-refractivity contribution is 5.83. The number of nitrogens with zero attached hydrogens (tertiary/aromatic N) is 4. The van der Waals surface area contributed by atoms with E-state index in [1.165, 1.54) is 6.33 Å². The summed E-state index contributed by atoms with van der Waals surface area (Å²) in [5, 5.41) is 3.96. The summed E-state index contributed by atoms with van der Waals surface area (Å²) in [6.45, 7) is 6.69. The van der Waals surface area contributed by atoms with E-state index in [2.05, 4.69) is 26.3 Å². The van der Waals surface area contributed by atoms with Gasteiger partial charge in [-0.2, -0.15) is 4.39 Å². The van der Waals surface area contributed by atoms with Gasteiger partial charge in [0.2, 0.25) is 11.7 Å². The lowest BCUT2D eigenvalue weighted by atomic mass is 9.88. The van der Waals surface area contributed by atoms with Gasteiger partial charge < -0.3 is 16.0 Å². The van der Waals surface area contributed by atoms with E-state index < -0.39 is 17.8 Å². The van der Waals surface area contributed by atoms with Gasteiger partial charge in [-0.3, -0.25) is 9.78 Å². The first-order valence-electron chi connectivity index (χ1n) is 10.9. The Labute approximate surface area is 187 Å². The second-order valence-corrected chi connectivity index (χ2v) is 9.53. The summed E-state index contributed by atoms with van der Waals surface area (Å²) in [7, 11) is 0. The van der Waals surface area contributed by atoms with Gasteiger partial charge in [0.15, 0.2) is 11.6 Å². The highest BCUT2D eigenvalue weighted by atomic mass is 19.1. The van der Waals surface area contributed by atoms with Crippen LogP contribution in [0.4, 0.5) is 16.0 Å². The summed E-state index contributed by atoms with van der Waals surface area (Å²) >= 11 is 0. The standard InChI is InChI=1S/C24H29FN6O/c1-24(2,3)13-18(21(26)32)30-22-20(25)23(29-14-28-22)31-11-5-7-19(31)16-8-9-17-15(12-16)6-4-10-27-17/h4,6,8-10,12,14,18-19H,5,7,11,13H2,1-3H3,(H2,26,32)(H,28,29,30)/t18-,19?/m0/s1. The minimum Gasteiger partial charge on any atom is -0.368 e. The van der Waals surface area contributed by atoms with Crippen LogP contribution in [0.15, 0.2) is 42.9 Å². The second-order valence-electron chi connectivity index (χ2n) is 9.53.